The van der Waals surface area contributed by atoms with Crippen LogP contribution in [0, 0.1) is 5.92 Å². The van der Waals surface area contributed by atoms with Gasteiger partial charge in [-0.1, -0.05) is 48.6 Å². The van der Waals surface area contributed by atoms with Crippen LogP contribution in [0.25, 0.3) is 23.3 Å². The van der Waals surface area contributed by atoms with Gasteiger partial charge in [-0.15, -0.1) is 0 Å². The second-order valence-corrected chi connectivity index (χ2v) is 5.86. The molecule has 0 spiro atoms. The van der Waals surface area contributed by atoms with Crippen molar-refractivity contribution in [3.05, 3.63) is 58.0 Å². The molecule has 100 valence electrons. The van der Waals surface area contributed by atoms with Gasteiger partial charge in [-0.2, -0.15) is 0 Å². The maximum Gasteiger partial charge on any atom is 0.0465 e. The Labute approximate surface area is 118 Å². The minimum absolute atomic E-state index is 0.291. The Morgan fingerprint density at radius 1 is 0.900 bits per heavy atom. The van der Waals surface area contributed by atoms with Crippen molar-refractivity contribution in [1.82, 2.24) is 0 Å². The Balaban J connectivity index is 1.95. The van der Waals surface area contributed by atoms with Crippen molar-refractivity contribution in [3.63, 3.8) is 0 Å². The van der Waals surface area contributed by atoms with Gasteiger partial charge in [-0.25, -0.2) is 0 Å². The number of benzene rings is 2. The van der Waals surface area contributed by atoms with E-state index < -0.39 is 0 Å². The molecular formula is C19H18O. The highest BCUT2D eigenvalue weighted by molar-refractivity contribution is 5.74. The summed E-state index contributed by atoms with van der Waals surface area (Å²) in [5.74, 6) is 0.399. The van der Waals surface area contributed by atoms with Crippen molar-refractivity contribution in [2.24, 2.45) is 5.92 Å². The summed E-state index contributed by atoms with van der Waals surface area (Å²) in [6, 6.07) is 13.2. The zero-order chi connectivity index (χ0) is 13.5. The van der Waals surface area contributed by atoms with Gasteiger partial charge in [0, 0.05) is 6.61 Å². The van der Waals surface area contributed by atoms with Crippen LogP contribution < -0.4 is 10.4 Å². The summed E-state index contributed by atoms with van der Waals surface area (Å²) in [7, 11) is 0. The molecule has 0 aliphatic heterocycles. The van der Waals surface area contributed by atoms with E-state index in [2.05, 4.69) is 48.6 Å². The Morgan fingerprint density at radius 3 is 2.70 bits per heavy atom. The molecule has 0 amide bonds. The molecule has 0 fully saturated rings. The predicted molar refractivity (Wildman–Crippen MR) is 82.7 cm³/mol. The smallest absolute Gasteiger partial charge is 0.0465 e. The fourth-order valence-electron chi connectivity index (χ4n) is 3.55. The third kappa shape index (κ3) is 1.74. The molecular weight excluding hydrogens is 244 g/mol. The molecule has 0 saturated heterocycles. The van der Waals surface area contributed by atoms with Gasteiger partial charge in [0.2, 0.25) is 0 Å². The highest BCUT2D eigenvalue weighted by Gasteiger charge is 2.17. The summed E-state index contributed by atoms with van der Waals surface area (Å²) < 4.78 is 0. The van der Waals surface area contributed by atoms with Crippen LogP contribution in [0.5, 0.6) is 0 Å². The lowest BCUT2D eigenvalue weighted by molar-refractivity contribution is 0.227. The molecule has 0 saturated carbocycles. The van der Waals surface area contributed by atoms with Crippen LogP contribution >= 0.6 is 0 Å². The molecule has 1 unspecified atom stereocenters. The van der Waals surface area contributed by atoms with Gasteiger partial charge in [0.25, 0.3) is 0 Å². The molecule has 2 aliphatic rings. The van der Waals surface area contributed by atoms with Crippen LogP contribution in [0.2, 0.25) is 0 Å². The van der Waals surface area contributed by atoms with Crippen LogP contribution in [0.3, 0.4) is 0 Å². The number of fused-ring (bicyclic) bond motifs is 5. The quantitative estimate of drug-likeness (QED) is 0.833. The summed E-state index contributed by atoms with van der Waals surface area (Å²) in [5, 5.41) is 12.2. The summed E-state index contributed by atoms with van der Waals surface area (Å²) in [4.78, 5) is 0. The second kappa shape index (κ2) is 4.60. The van der Waals surface area contributed by atoms with Crippen LogP contribution in [0.4, 0.5) is 0 Å². The van der Waals surface area contributed by atoms with Crippen molar-refractivity contribution in [1.29, 1.82) is 0 Å². The lowest BCUT2D eigenvalue weighted by atomic mass is 9.84. The van der Waals surface area contributed by atoms with Crippen molar-refractivity contribution in [2.75, 3.05) is 6.61 Å². The molecule has 2 aromatic carbocycles. The zero-order valence-electron chi connectivity index (χ0n) is 11.5. The van der Waals surface area contributed by atoms with Crippen LogP contribution in [0.15, 0.2) is 36.4 Å². The predicted octanol–water partition coefficient (Wildman–Crippen LogP) is 2.03. The van der Waals surface area contributed by atoms with E-state index in [0.717, 1.165) is 19.3 Å². The van der Waals surface area contributed by atoms with E-state index in [0.29, 0.717) is 12.5 Å². The van der Waals surface area contributed by atoms with Crippen molar-refractivity contribution >= 4 is 12.2 Å². The minimum atomic E-state index is 0.291. The standard InChI is InChI=1S/C19H18O/c20-12-13-5-8-17-15(11-13)7-10-18-16-4-2-1-3-14(16)6-9-19(17)18/h1-4,7-10,13,20H,5-6,11-12H2. The number of aliphatic hydroxyl groups excluding tert-OH is 1. The van der Waals surface area contributed by atoms with E-state index in [1.54, 1.807) is 0 Å². The van der Waals surface area contributed by atoms with E-state index in [1.165, 1.54) is 32.7 Å². The maximum atomic E-state index is 9.36. The van der Waals surface area contributed by atoms with Gasteiger partial charge in [-0.05, 0) is 57.9 Å². The molecule has 2 aliphatic carbocycles. The molecule has 0 aromatic heterocycles. The van der Waals surface area contributed by atoms with Gasteiger partial charge in [0.05, 0.1) is 0 Å². The van der Waals surface area contributed by atoms with Gasteiger partial charge in [-0.3, -0.25) is 0 Å². The summed E-state index contributed by atoms with van der Waals surface area (Å²) in [6.45, 7) is 0.291. The Kier molecular flexibility index (Phi) is 2.75. The zero-order valence-corrected chi connectivity index (χ0v) is 11.5. The SMILES string of the molecule is OCC1CC=c2c(ccc3c2=CCc2ccccc2-3)C1. The largest absolute Gasteiger partial charge is 0.396 e. The van der Waals surface area contributed by atoms with Crippen LogP contribution in [0.1, 0.15) is 17.5 Å². The van der Waals surface area contributed by atoms with Gasteiger partial charge in [0.1, 0.15) is 0 Å². The Morgan fingerprint density at radius 2 is 1.80 bits per heavy atom. The third-order valence-electron chi connectivity index (χ3n) is 4.63. The van der Waals surface area contributed by atoms with Crippen molar-refractivity contribution in [3.8, 4) is 11.1 Å². The molecule has 0 radical (unpaired) electrons. The second-order valence-electron chi connectivity index (χ2n) is 5.86. The average molecular weight is 262 g/mol. The van der Waals surface area contributed by atoms with Gasteiger partial charge in [0.15, 0.2) is 0 Å². The molecule has 0 bridgehead atoms. The monoisotopic (exact) mass is 262 g/mol. The Bertz CT molecular complexity index is 786. The molecule has 1 heteroatoms. The van der Waals surface area contributed by atoms with E-state index in [-0.39, 0.29) is 0 Å². The van der Waals surface area contributed by atoms with Crippen LogP contribution in [-0.4, -0.2) is 11.7 Å². The fraction of sp³-hybridized carbons (Fsp3) is 0.263. The topological polar surface area (TPSA) is 20.2 Å². The number of aliphatic hydroxyl groups is 1. The third-order valence-corrected chi connectivity index (χ3v) is 4.63. The maximum absolute atomic E-state index is 9.36. The van der Waals surface area contributed by atoms with Crippen molar-refractivity contribution < 1.29 is 5.11 Å². The normalized spacial score (nSPS) is 19.1. The first-order valence-corrected chi connectivity index (χ1v) is 7.38. The summed E-state index contributed by atoms with van der Waals surface area (Å²) in [5.41, 5.74) is 5.56. The van der Waals surface area contributed by atoms with Gasteiger partial charge < -0.3 is 5.11 Å². The first-order chi connectivity index (χ1) is 9.86. The molecule has 1 N–H and O–H groups in total. The average Bonchev–Trinajstić information content (AvgIpc) is 2.53. The molecule has 0 heterocycles. The Hall–Kier alpha value is -1.86. The lowest BCUT2D eigenvalue weighted by Gasteiger charge is -2.21. The first kappa shape index (κ1) is 11.9. The lowest BCUT2D eigenvalue weighted by Crippen LogP contribution is -2.36. The van der Waals surface area contributed by atoms with Gasteiger partial charge >= 0.3 is 0 Å². The molecule has 4 rings (SSSR count). The van der Waals surface area contributed by atoms with E-state index in [4.69, 9.17) is 0 Å². The molecule has 2 aromatic rings. The highest BCUT2D eigenvalue weighted by Crippen LogP contribution is 2.25. The fourth-order valence-corrected chi connectivity index (χ4v) is 3.55. The number of rotatable bonds is 1. The van der Waals surface area contributed by atoms with E-state index in [1.807, 2.05) is 0 Å². The summed E-state index contributed by atoms with van der Waals surface area (Å²) in [6.07, 6.45) is 7.71. The van der Waals surface area contributed by atoms with E-state index >= 15 is 0 Å². The number of hydrogen-bond acceptors (Lipinski definition) is 1. The minimum Gasteiger partial charge on any atom is -0.396 e. The summed E-state index contributed by atoms with van der Waals surface area (Å²) >= 11 is 0. The molecule has 1 atom stereocenters. The van der Waals surface area contributed by atoms with Crippen molar-refractivity contribution in [2.45, 2.75) is 19.3 Å². The highest BCUT2D eigenvalue weighted by atomic mass is 16.3. The molecule has 20 heavy (non-hydrogen) atoms. The van der Waals surface area contributed by atoms with E-state index in [9.17, 15) is 5.11 Å². The molecule has 1 nitrogen and oxygen atoms in total. The van der Waals surface area contributed by atoms with Crippen LogP contribution in [-0.2, 0) is 12.8 Å². The first-order valence-electron chi connectivity index (χ1n) is 7.38. The number of hydrogen-bond donors (Lipinski definition) is 1.